The average Bonchev–Trinajstić information content (AvgIpc) is 2.64. The first-order valence-corrected chi connectivity index (χ1v) is 10.8. The van der Waals surface area contributed by atoms with Gasteiger partial charge in [-0.15, -0.1) is 0 Å². The summed E-state index contributed by atoms with van der Waals surface area (Å²) in [5.41, 5.74) is 0.900. The number of phenols is 1. The van der Waals surface area contributed by atoms with Crippen LogP contribution >= 0.6 is 0 Å². The quantitative estimate of drug-likeness (QED) is 0.323. The molecule has 1 rings (SSSR count). The summed E-state index contributed by atoms with van der Waals surface area (Å²) in [5.74, 6) is -0.312. The van der Waals surface area contributed by atoms with E-state index in [1.165, 1.54) is 38.5 Å². The molecule has 0 aliphatic rings. The Labute approximate surface area is 164 Å². The first-order chi connectivity index (χ1) is 13.1. The number of carboxylic acids is 1. The molecule has 0 heterocycles. The largest absolute Gasteiger partial charge is 0.508 e. The molecule has 0 fully saturated rings. The van der Waals surface area contributed by atoms with Crippen molar-refractivity contribution in [3.63, 3.8) is 0 Å². The van der Waals surface area contributed by atoms with Crippen molar-refractivity contribution >= 4 is 5.97 Å². The predicted octanol–water partition coefficient (Wildman–Crippen LogP) is 6.49. The standard InChI is InChI=1S/C23H38O4/c1-3-5-7-9-10-11-13-15-22(23(25)26)27-20-17-16-19(21(24)18-20)14-12-8-6-4-2/h16-18,22,24H,3-15H2,1-2H3,(H,25,26). The number of carbonyl (C=O) groups is 1. The van der Waals surface area contributed by atoms with Gasteiger partial charge < -0.3 is 14.9 Å². The average molecular weight is 379 g/mol. The van der Waals surface area contributed by atoms with Crippen LogP contribution in [0.25, 0.3) is 0 Å². The molecule has 0 aromatic heterocycles. The zero-order valence-electron chi connectivity index (χ0n) is 17.2. The van der Waals surface area contributed by atoms with Crippen LogP contribution in [0.1, 0.15) is 96.5 Å². The molecule has 0 saturated heterocycles. The number of phenolic OH excluding ortho intramolecular Hbond substituents is 1. The molecule has 1 aromatic rings. The zero-order valence-corrected chi connectivity index (χ0v) is 17.2. The molecule has 0 saturated carbocycles. The Morgan fingerprint density at radius 1 is 0.926 bits per heavy atom. The number of hydrogen-bond acceptors (Lipinski definition) is 3. The highest BCUT2D eigenvalue weighted by Crippen LogP contribution is 2.26. The van der Waals surface area contributed by atoms with Crippen LogP contribution < -0.4 is 4.74 Å². The van der Waals surface area contributed by atoms with E-state index in [9.17, 15) is 15.0 Å². The number of carboxylic acid groups (broad SMARTS) is 1. The maximum atomic E-state index is 11.5. The Morgan fingerprint density at radius 2 is 1.52 bits per heavy atom. The molecule has 0 aliphatic carbocycles. The second-order valence-corrected chi connectivity index (χ2v) is 7.46. The molecule has 2 N–H and O–H groups in total. The van der Waals surface area contributed by atoms with Gasteiger partial charge in [0.25, 0.3) is 0 Å². The van der Waals surface area contributed by atoms with Gasteiger partial charge in [-0.1, -0.05) is 77.7 Å². The summed E-state index contributed by atoms with van der Waals surface area (Å²) in [5, 5.41) is 19.6. The lowest BCUT2D eigenvalue weighted by atomic mass is 10.0. The molecule has 4 heteroatoms. The molecule has 154 valence electrons. The fourth-order valence-corrected chi connectivity index (χ4v) is 3.25. The summed E-state index contributed by atoms with van der Waals surface area (Å²) in [4.78, 5) is 11.5. The van der Waals surface area contributed by atoms with E-state index in [0.29, 0.717) is 12.2 Å². The van der Waals surface area contributed by atoms with Crippen molar-refractivity contribution in [2.24, 2.45) is 0 Å². The van der Waals surface area contributed by atoms with E-state index in [-0.39, 0.29) is 5.75 Å². The monoisotopic (exact) mass is 378 g/mol. The lowest BCUT2D eigenvalue weighted by Gasteiger charge is -2.16. The molecular weight excluding hydrogens is 340 g/mol. The lowest BCUT2D eigenvalue weighted by molar-refractivity contribution is -0.145. The highest BCUT2D eigenvalue weighted by Gasteiger charge is 2.19. The van der Waals surface area contributed by atoms with Gasteiger partial charge in [0.05, 0.1) is 0 Å². The fraction of sp³-hybridized carbons (Fsp3) is 0.696. The first-order valence-electron chi connectivity index (χ1n) is 10.8. The minimum absolute atomic E-state index is 0.198. The molecule has 4 nitrogen and oxygen atoms in total. The van der Waals surface area contributed by atoms with Crippen molar-refractivity contribution < 1.29 is 19.7 Å². The van der Waals surface area contributed by atoms with Gasteiger partial charge in [0, 0.05) is 6.07 Å². The molecule has 27 heavy (non-hydrogen) atoms. The number of unbranched alkanes of at least 4 members (excludes halogenated alkanes) is 9. The van der Waals surface area contributed by atoms with Crippen molar-refractivity contribution in [3.8, 4) is 11.5 Å². The molecule has 0 aliphatic heterocycles. The number of ether oxygens (including phenoxy) is 1. The predicted molar refractivity (Wildman–Crippen MR) is 111 cm³/mol. The van der Waals surface area contributed by atoms with E-state index in [2.05, 4.69) is 13.8 Å². The molecule has 0 amide bonds. The van der Waals surface area contributed by atoms with Crippen molar-refractivity contribution in [1.29, 1.82) is 0 Å². The summed E-state index contributed by atoms with van der Waals surface area (Å²) in [7, 11) is 0. The number of aliphatic carboxylic acids is 1. The van der Waals surface area contributed by atoms with Crippen LogP contribution in [0, 0.1) is 0 Å². The topological polar surface area (TPSA) is 66.8 Å². The van der Waals surface area contributed by atoms with Crippen LogP contribution in [0.3, 0.4) is 0 Å². The third kappa shape index (κ3) is 10.3. The van der Waals surface area contributed by atoms with E-state index in [4.69, 9.17) is 4.74 Å². The molecule has 1 aromatic carbocycles. The third-order valence-corrected chi connectivity index (χ3v) is 4.98. The van der Waals surface area contributed by atoms with E-state index in [0.717, 1.165) is 44.1 Å². The molecular formula is C23H38O4. The highest BCUT2D eigenvalue weighted by atomic mass is 16.5. The molecule has 0 spiro atoms. The van der Waals surface area contributed by atoms with E-state index in [1.54, 1.807) is 12.1 Å². The summed E-state index contributed by atoms with van der Waals surface area (Å²) >= 11 is 0. The summed E-state index contributed by atoms with van der Waals surface area (Å²) in [6, 6.07) is 5.18. The van der Waals surface area contributed by atoms with Crippen molar-refractivity contribution in [2.75, 3.05) is 0 Å². The number of benzene rings is 1. The van der Waals surface area contributed by atoms with Crippen molar-refractivity contribution in [3.05, 3.63) is 23.8 Å². The van der Waals surface area contributed by atoms with Gasteiger partial charge in [-0.2, -0.15) is 0 Å². The van der Waals surface area contributed by atoms with Gasteiger partial charge in [0.15, 0.2) is 6.10 Å². The van der Waals surface area contributed by atoms with Crippen LogP contribution in [-0.2, 0) is 11.2 Å². The van der Waals surface area contributed by atoms with Crippen LogP contribution in [-0.4, -0.2) is 22.3 Å². The van der Waals surface area contributed by atoms with Crippen LogP contribution in [0.4, 0.5) is 0 Å². The van der Waals surface area contributed by atoms with Crippen molar-refractivity contribution in [2.45, 2.75) is 103 Å². The maximum absolute atomic E-state index is 11.5. The highest BCUT2D eigenvalue weighted by molar-refractivity contribution is 5.72. The van der Waals surface area contributed by atoms with Gasteiger partial charge in [0.2, 0.25) is 0 Å². The van der Waals surface area contributed by atoms with Crippen LogP contribution in [0.2, 0.25) is 0 Å². The number of rotatable bonds is 16. The summed E-state index contributed by atoms with van der Waals surface area (Å²) < 4.78 is 5.64. The molecule has 1 atom stereocenters. The zero-order chi connectivity index (χ0) is 19.9. The summed E-state index contributed by atoms with van der Waals surface area (Å²) in [6.45, 7) is 4.38. The van der Waals surface area contributed by atoms with Gasteiger partial charge in [0.1, 0.15) is 11.5 Å². The van der Waals surface area contributed by atoms with Gasteiger partial charge in [-0.3, -0.25) is 0 Å². The molecule has 1 unspecified atom stereocenters. The van der Waals surface area contributed by atoms with Gasteiger partial charge >= 0.3 is 5.97 Å². The Morgan fingerprint density at radius 3 is 2.11 bits per heavy atom. The van der Waals surface area contributed by atoms with Crippen LogP contribution in [0.5, 0.6) is 11.5 Å². The van der Waals surface area contributed by atoms with E-state index < -0.39 is 12.1 Å². The Balaban J connectivity index is 2.42. The second kappa shape index (κ2) is 14.4. The van der Waals surface area contributed by atoms with E-state index in [1.807, 2.05) is 6.07 Å². The SMILES string of the molecule is CCCCCCCCCC(Oc1ccc(CCCCCC)c(O)c1)C(=O)O. The summed E-state index contributed by atoms with van der Waals surface area (Å²) in [6.07, 6.45) is 13.1. The first kappa shape index (κ1) is 23.3. The Kier molecular flexibility index (Phi) is 12.4. The normalized spacial score (nSPS) is 12.1. The maximum Gasteiger partial charge on any atom is 0.344 e. The second-order valence-electron chi connectivity index (χ2n) is 7.46. The lowest BCUT2D eigenvalue weighted by Crippen LogP contribution is -2.26. The third-order valence-electron chi connectivity index (χ3n) is 4.98. The van der Waals surface area contributed by atoms with Gasteiger partial charge in [-0.25, -0.2) is 4.79 Å². The number of aromatic hydroxyl groups is 1. The molecule has 0 bridgehead atoms. The van der Waals surface area contributed by atoms with Gasteiger partial charge in [-0.05, 0) is 37.3 Å². The fourth-order valence-electron chi connectivity index (χ4n) is 3.25. The minimum atomic E-state index is -0.941. The number of hydrogen-bond donors (Lipinski definition) is 2. The Bertz CT molecular complexity index is 527. The molecule has 0 radical (unpaired) electrons. The van der Waals surface area contributed by atoms with E-state index >= 15 is 0 Å². The number of aryl methyl sites for hydroxylation is 1. The smallest absolute Gasteiger partial charge is 0.344 e. The van der Waals surface area contributed by atoms with Crippen LogP contribution in [0.15, 0.2) is 18.2 Å². The minimum Gasteiger partial charge on any atom is -0.508 e. The van der Waals surface area contributed by atoms with Crippen molar-refractivity contribution in [1.82, 2.24) is 0 Å². The Hall–Kier alpha value is -1.71.